The Morgan fingerprint density at radius 2 is 1.89 bits per heavy atom. The number of ether oxygens (including phenoxy) is 1. The molecule has 10 heteroatoms. The summed E-state index contributed by atoms with van der Waals surface area (Å²) in [7, 11) is -2.89. The zero-order valence-electron chi connectivity index (χ0n) is 20.6. The van der Waals surface area contributed by atoms with Crippen LogP contribution in [-0.2, 0) is 23.0 Å². The van der Waals surface area contributed by atoms with Crippen LogP contribution in [-0.4, -0.2) is 31.0 Å². The van der Waals surface area contributed by atoms with E-state index < -0.39 is 10.1 Å². The molecule has 2 heterocycles. The second kappa shape index (κ2) is 10.7. The highest BCUT2D eigenvalue weighted by Gasteiger charge is 2.19. The fourth-order valence-corrected chi connectivity index (χ4v) is 6.49. The number of benzene rings is 3. The molecule has 7 nitrogen and oxygen atoms in total. The lowest BCUT2D eigenvalue weighted by atomic mass is 9.96. The lowest BCUT2D eigenvalue weighted by Crippen LogP contribution is -2.12. The topological polar surface area (TPSA) is 106 Å². The number of carbonyl (C=O) groups excluding carboxylic acids is 1. The van der Waals surface area contributed by atoms with Crippen molar-refractivity contribution in [2.75, 3.05) is 12.4 Å². The number of thiazole rings is 1. The Kier molecular flexibility index (Phi) is 7.31. The van der Waals surface area contributed by atoms with Crippen LogP contribution >= 0.6 is 22.7 Å². The average Bonchev–Trinajstić information content (AvgIpc) is 3.55. The predicted octanol–water partition coefficient (Wildman–Crippen LogP) is 6.63. The molecular formula is C28H24N2O5S3. The van der Waals surface area contributed by atoms with E-state index in [2.05, 4.69) is 16.4 Å². The first kappa shape index (κ1) is 26.1. The van der Waals surface area contributed by atoms with E-state index in [1.54, 1.807) is 36.6 Å². The molecule has 0 aliphatic rings. The molecule has 5 rings (SSSR count). The molecule has 0 saturated heterocycles. The van der Waals surface area contributed by atoms with Crippen LogP contribution in [0.3, 0.4) is 0 Å². The normalized spacial score (nSPS) is 11.6. The maximum Gasteiger partial charge on any atom is 0.295 e. The number of fused-ring (bicyclic) bond motifs is 1. The van der Waals surface area contributed by atoms with E-state index in [0.29, 0.717) is 34.0 Å². The van der Waals surface area contributed by atoms with E-state index in [0.717, 1.165) is 27.8 Å². The van der Waals surface area contributed by atoms with Gasteiger partial charge in [-0.15, -0.1) is 11.3 Å². The van der Waals surface area contributed by atoms with Gasteiger partial charge in [-0.05, 0) is 78.7 Å². The maximum atomic E-state index is 13.4. The van der Waals surface area contributed by atoms with Crippen molar-refractivity contribution in [2.24, 2.45) is 0 Å². The Hall–Kier alpha value is -3.57. The number of methoxy groups -OCH3 is 1. The van der Waals surface area contributed by atoms with Gasteiger partial charge in [0.25, 0.3) is 16.0 Å². The molecule has 2 aromatic heterocycles. The third kappa shape index (κ3) is 5.78. The number of hydrogen-bond donors (Lipinski definition) is 2. The Morgan fingerprint density at radius 1 is 1.05 bits per heavy atom. The molecule has 3 aromatic carbocycles. The summed E-state index contributed by atoms with van der Waals surface area (Å²) in [5, 5.41) is 5.34. The largest absolute Gasteiger partial charge is 0.497 e. The molecule has 0 atom stereocenters. The number of aryl methyl sites for hydroxylation is 3. The molecule has 0 radical (unpaired) electrons. The van der Waals surface area contributed by atoms with Gasteiger partial charge in [-0.1, -0.05) is 41.2 Å². The van der Waals surface area contributed by atoms with Crippen molar-refractivity contribution in [1.82, 2.24) is 4.98 Å². The second-order valence-electron chi connectivity index (χ2n) is 8.78. The van der Waals surface area contributed by atoms with Crippen LogP contribution in [0.1, 0.15) is 26.4 Å². The Labute approximate surface area is 228 Å². The molecule has 5 aromatic rings. The quantitative estimate of drug-likeness (QED) is 0.205. The minimum Gasteiger partial charge on any atom is -0.497 e. The molecule has 0 bridgehead atoms. The summed E-state index contributed by atoms with van der Waals surface area (Å²) < 4.78 is 40.3. The number of nitrogens with zero attached hydrogens (tertiary/aromatic N) is 1. The fourth-order valence-electron chi connectivity index (χ4n) is 4.19. The zero-order chi connectivity index (χ0) is 26.9. The van der Waals surface area contributed by atoms with E-state index in [1.165, 1.54) is 22.3 Å². The standard InChI is InChI=1S/C28H24N2O5S3/c1-17-5-10-26(38(32,33)34)23(12-17)19-13-18(6-8-22-4-3-11-36-22)14-20(15-19)27(31)30-28-29-24-9-7-21(35-2)16-25(24)37-28/h3-5,7,9-16H,6,8H2,1-2H3,(H,29,30,31)(H,32,33,34). The van der Waals surface area contributed by atoms with Crippen molar-refractivity contribution in [2.45, 2.75) is 24.7 Å². The number of hydrogen-bond acceptors (Lipinski definition) is 7. The Morgan fingerprint density at radius 3 is 2.63 bits per heavy atom. The van der Waals surface area contributed by atoms with E-state index in [1.807, 2.05) is 48.7 Å². The van der Waals surface area contributed by atoms with E-state index in [4.69, 9.17) is 4.74 Å². The molecular weight excluding hydrogens is 541 g/mol. The summed E-state index contributed by atoms with van der Waals surface area (Å²) in [5.41, 5.74) is 3.68. The number of anilines is 1. The maximum absolute atomic E-state index is 13.4. The minimum absolute atomic E-state index is 0.204. The van der Waals surface area contributed by atoms with Crippen molar-refractivity contribution < 1.29 is 22.5 Å². The monoisotopic (exact) mass is 564 g/mol. The second-order valence-corrected chi connectivity index (χ2v) is 12.2. The molecule has 2 N–H and O–H groups in total. The van der Waals surface area contributed by atoms with E-state index >= 15 is 0 Å². The van der Waals surface area contributed by atoms with Crippen LogP contribution in [0, 0.1) is 6.92 Å². The van der Waals surface area contributed by atoms with Gasteiger partial charge in [-0.2, -0.15) is 8.42 Å². The first-order chi connectivity index (χ1) is 18.2. The molecule has 0 aliphatic carbocycles. The molecule has 0 spiro atoms. The number of aromatic nitrogens is 1. The summed E-state index contributed by atoms with van der Waals surface area (Å²) in [6.07, 6.45) is 1.43. The van der Waals surface area contributed by atoms with Gasteiger partial charge in [-0.3, -0.25) is 14.7 Å². The molecule has 1 amide bonds. The predicted molar refractivity (Wildman–Crippen MR) is 152 cm³/mol. The van der Waals surface area contributed by atoms with Crippen LogP contribution in [0.5, 0.6) is 5.75 Å². The lowest BCUT2D eigenvalue weighted by molar-refractivity contribution is 0.102. The molecule has 38 heavy (non-hydrogen) atoms. The first-order valence-electron chi connectivity index (χ1n) is 11.7. The lowest BCUT2D eigenvalue weighted by Gasteiger charge is -2.13. The summed E-state index contributed by atoms with van der Waals surface area (Å²) in [6, 6.07) is 19.6. The van der Waals surface area contributed by atoms with Crippen LogP contribution in [0.4, 0.5) is 5.13 Å². The molecule has 0 fully saturated rings. The van der Waals surface area contributed by atoms with Crippen molar-refractivity contribution in [3.8, 4) is 16.9 Å². The summed E-state index contributed by atoms with van der Waals surface area (Å²) in [5.74, 6) is 0.339. The highest BCUT2D eigenvalue weighted by molar-refractivity contribution is 7.86. The summed E-state index contributed by atoms with van der Waals surface area (Å²) in [4.78, 5) is 18.9. The zero-order valence-corrected chi connectivity index (χ0v) is 23.0. The Balaban J connectivity index is 1.54. The minimum atomic E-state index is -4.48. The highest BCUT2D eigenvalue weighted by atomic mass is 32.2. The third-order valence-corrected chi connectivity index (χ3v) is 8.82. The average molecular weight is 565 g/mol. The van der Waals surface area contributed by atoms with Crippen LogP contribution in [0.2, 0.25) is 0 Å². The van der Waals surface area contributed by atoms with Gasteiger partial charge < -0.3 is 4.74 Å². The van der Waals surface area contributed by atoms with Gasteiger partial charge in [0.15, 0.2) is 5.13 Å². The summed E-state index contributed by atoms with van der Waals surface area (Å²) in [6.45, 7) is 1.84. The number of amides is 1. The van der Waals surface area contributed by atoms with Crippen LogP contribution < -0.4 is 10.1 Å². The number of rotatable bonds is 8. The van der Waals surface area contributed by atoms with Gasteiger partial charge in [0, 0.05) is 16.0 Å². The smallest absolute Gasteiger partial charge is 0.295 e. The van der Waals surface area contributed by atoms with Gasteiger partial charge in [0.2, 0.25) is 0 Å². The van der Waals surface area contributed by atoms with Gasteiger partial charge in [0.05, 0.1) is 17.3 Å². The van der Waals surface area contributed by atoms with Gasteiger partial charge in [0.1, 0.15) is 10.6 Å². The number of carbonyl (C=O) groups is 1. The van der Waals surface area contributed by atoms with Gasteiger partial charge >= 0.3 is 0 Å². The highest BCUT2D eigenvalue weighted by Crippen LogP contribution is 2.32. The Bertz CT molecular complexity index is 1740. The molecule has 0 unspecified atom stereocenters. The molecule has 0 saturated carbocycles. The fraction of sp³-hybridized carbons (Fsp3) is 0.143. The SMILES string of the molecule is COc1ccc2nc(NC(=O)c3cc(CCc4cccs4)cc(-c4cc(C)ccc4S(=O)(=O)O)c3)sc2c1. The molecule has 0 aliphatic heterocycles. The van der Waals surface area contributed by atoms with Crippen molar-refractivity contribution >= 4 is 54.0 Å². The first-order valence-corrected chi connectivity index (χ1v) is 14.8. The van der Waals surface area contributed by atoms with E-state index in [-0.39, 0.29) is 10.8 Å². The van der Waals surface area contributed by atoms with Crippen molar-refractivity contribution in [3.05, 3.63) is 93.7 Å². The summed E-state index contributed by atoms with van der Waals surface area (Å²) >= 11 is 3.00. The molecule has 194 valence electrons. The third-order valence-electron chi connectivity index (χ3n) is 6.04. The van der Waals surface area contributed by atoms with Crippen molar-refractivity contribution in [3.63, 3.8) is 0 Å². The van der Waals surface area contributed by atoms with E-state index in [9.17, 15) is 17.8 Å². The van der Waals surface area contributed by atoms with Gasteiger partial charge in [-0.25, -0.2) is 4.98 Å². The van der Waals surface area contributed by atoms with Crippen LogP contribution in [0.15, 0.2) is 77.0 Å². The van der Waals surface area contributed by atoms with Crippen LogP contribution in [0.25, 0.3) is 21.3 Å². The van der Waals surface area contributed by atoms with Crippen molar-refractivity contribution in [1.29, 1.82) is 0 Å². The number of nitrogens with one attached hydrogen (secondary N) is 1. The number of thiophene rings is 1.